The van der Waals surface area contributed by atoms with Crippen LogP contribution in [-0.4, -0.2) is 32.8 Å². The zero-order valence-corrected chi connectivity index (χ0v) is 10.8. The number of aliphatic carboxylic acids is 2. The van der Waals surface area contributed by atoms with E-state index >= 15 is 0 Å². The molecule has 6 nitrogen and oxygen atoms in total. The third-order valence-electron chi connectivity index (χ3n) is 3.86. The molecule has 0 radical (unpaired) electrons. The van der Waals surface area contributed by atoms with Gasteiger partial charge < -0.3 is 14.8 Å². The fourth-order valence-corrected chi connectivity index (χ4v) is 2.96. The lowest BCUT2D eigenvalue weighted by atomic mass is 9.94. The van der Waals surface area contributed by atoms with Crippen molar-refractivity contribution < 1.29 is 19.8 Å². The maximum Gasteiger partial charge on any atom is 0.326 e. The van der Waals surface area contributed by atoms with Gasteiger partial charge in [0.05, 0.1) is 5.69 Å². The van der Waals surface area contributed by atoms with Crippen LogP contribution >= 0.6 is 0 Å². The Hall–Kier alpha value is -2.34. The van der Waals surface area contributed by atoms with Crippen molar-refractivity contribution in [2.75, 3.05) is 0 Å². The highest BCUT2D eigenvalue weighted by molar-refractivity contribution is 5.90. The molecule has 6 heteroatoms. The molecule has 0 spiro atoms. The molecular formula is C14H14N2O4. The molecule has 20 heavy (non-hydrogen) atoms. The molecule has 0 fully saturated rings. The van der Waals surface area contributed by atoms with Gasteiger partial charge in [-0.15, -0.1) is 0 Å². The molecule has 0 bridgehead atoms. The van der Waals surface area contributed by atoms with Gasteiger partial charge in [0.2, 0.25) is 0 Å². The normalized spacial score (nSPS) is 21.6. The molecule has 2 aromatic rings. The molecule has 1 aliphatic rings. The minimum absolute atomic E-state index is 0.288. The summed E-state index contributed by atoms with van der Waals surface area (Å²) in [5.74, 6) is -2.10. The minimum Gasteiger partial charge on any atom is -0.480 e. The van der Waals surface area contributed by atoms with Crippen LogP contribution in [0.4, 0.5) is 0 Å². The Morgan fingerprint density at radius 1 is 1.25 bits per heavy atom. The van der Waals surface area contributed by atoms with Gasteiger partial charge in [0.15, 0.2) is 0 Å². The number of carbonyl (C=O) groups is 2. The fraction of sp³-hybridized carbons (Fsp3) is 0.286. The summed E-state index contributed by atoms with van der Waals surface area (Å²) < 4.78 is 1.83. The number of benzene rings is 1. The molecule has 2 heterocycles. The Balaban J connectivity index is 2.27. The van der Waals surface area contributed by atoms with E-state index in [1.54, 1.807) is 7.05 Å². The van der Waals surface area contributed by atoms with Crippen molar-refractivity contribution in [2.24, 2.45) is 7.05 Å². The highest BCUT2D eigenvalue weighted by Crippen LogP contribution is 2.34. The molecule has 0 saturated carbocycles. The van der Waals surface area contributed by atoms with Crippen molar-refractivity contribution >= 4 is 22.8 Å². The number of carboxylic acids is 2. The Morgan fingerprint density at radius 2 is 1.95 bits per heavy atom. The molecule has 2 atom stereocenters. The Morgan fingerprint density at radius 3 is 2.60 bits per heavy atom. The van der Waals surface area contributed by atoms with Gasteiger partial charge in [0.1, 0.15) is 12.1 Å². The first-order chi connectivity index (χ1) is 9.50. The highest BCUT2D eigenvalue weighted by Gasteiger charge is 2.37. The Kier molecular flexibility index (Phi) is 2.76. The molecule has 3 N–H and O–H groups in total. The van der Waals surface area contributed by atoms with Crippen molar-refractivity contribution in [2.45, 2.75) is 18.5 Å². The van der Waals surface area contributed by atoms with E-state index < -0.39 is 24.0 Å². The van der Waals surface area contributed by atoms with E-state index in [2.05, 4.69) is 5.32 Å². The number of aromatic nitrogens is 1. The molecule has 0 aliphatic carbocycles. The number of fused-ring (bicyclic) bond motifs is 3. The number of hydrogen-bond acceptors (Lipinski definition) is 3. The third kappa shape index (κ3) is 1.69. The molecule has 1 aliphatic heterocycles. The van der Waals surface area contributed by atoms with E-state index in [4.69, 9.17) is 0 Å². The summed E-state index contributed by atoms with van der Waals surface area (Å²) in [4.78, 5) is 22.7. The SMILES string of the molecule is Cn1c2c(c3ccccc31)CC(C(=O)O)NC2C(=O)O. The van der Waals surface area contributed by atoms with E-state index in [1.807, 2.05) is 28.8 Å². The van der Waals surface area contributed by atoms with Gasteiger partial charge >= 0.3 is 11.9 Å². The summed E-state index contributed by atoms with van der Waals surface area (Å²) in [5.41, 5.74) is 2.36. The summed E-state index contributed by atoms with van der Waals surface area (Å²) in [6, 6.07) is 5.67. The smallest absolute Gasteiger partial charge is 0.326 e. The van der Waals surface area contributed by atoms with Gasteiger partial charge in [-0.3, -0.25) is 14.9 Å². The van der Waals surface area contributed by atoms with E-state index in [0.717, 1.165) is 16.5 Å². The van der Waals surface area contributed by atoms with Gasteiger partial charge in [0.25, 0.3) is 0 Å². The zero-order chi connectivity index (χ0) is 14.4. The first-order valence-electron chi connectivity index (χ1n) is 6.28. The number of carboxylic acid groups (broad SMARTS) is 2. The molecule has 104 valence electrons. The van der Waals surface area contributed by atoms with Crippen LogP contribution in [0.25, 0.3) is 10.9 Å². The summed E-state index contributed by atoms with van der Waals surface area (Å²) in [5, 5.41) is 22.2. The predicted octanol–water partition coefficient (Wildman–Crippen LogP) is 0.903. The average molecular weight is 274 g/mol. The maximum atomic E-state index is 11.4. The lowest BCUT2D eigenvalue weighted by Gasteiger charge is -2.27. The molecule has 2 unspecified atom stereocenters. The van der Waals surface area contributed by atoms with Crippen molar-refractivity contribution in [3.8, 4) is 0 Å². The van der Waals surface area contributed by atoms with Crippen LogP contribution in [0.1, 0.15) is 17.3 Å². The van der Waals surface area contributed by atoms with Crippen LogP contribution in [-0.2, 0) is 23.1 Å². The zero-order valence-electron chi connectivity index (χ0n) is 10.8. The Bertz CT molecular complexity index is 719. The van der Waals surface area contributed by atoms with E-state index in [-0.39, 0.29) is 6.42 Å². The lowest BCUT2D eigenvalue weighted by molar-refractivity contribution is -0.143. The molecule has 3 rings (SSSR count). The van der Waals surface area contributed by atoms with Crippen LogP contribution in [0.5, 0.6) is 0 Å². The topological polar surface area (TPSA) is 91.6 Å². The second-order valence-electron chi connectivity index (χ2n) is 4.97. The number of aryl methyl sites for hydroxylation is 1. The number of nitrogens with one attached hydrogen (secondary N) is 1. The number of hydrogen-bond donors (Lipinski definition) is 3. The number of rotatable bonds is 2. The molecule has 0 saturated heterocycles. The van der Waals surface area contributed by atoms with E-state index in [0.29, 0.717) is 5.69 Å². The monoisotopic (exact) mass is 274 g/mol. The minimum atomic E-state index is -1.07. The first-order valence-corrected chi connectivity index (χ1v) is 6.28. The number of nitrogens with zero attached hydrogens (tertiary/aromatic N) is 1. The van der Waals surface area contributed by atoms with E-state index in [9.17, 15) is 19.8 Å². The number of para-hydroxylation sites is 1. The molecule has 1 aromatic carbocycles. The van der Waals surface area contributed by atoms with Crippen molar-refractivity contribution in [3.63, 3.8) is 0 Å². The standard InChI is InChI=1S/C14H14N2O4/c1-16-10-5-3-2-4-7(10)8-6-9(13(17)18)15-11(12(8)16)14(19)20/h2-5,9,11,15H,6H2,1H3,(H,17,18)(H,19,20). The van der Waals surface area contributed by atoms with E-state index in [1.165, 1.54) is 0 Å². The van der Waals surface area contributed by atoms with Crippen LogP contribution < -0.4 is 5.32 Å². The van der Waals surface area contributed by atoms with Crippen molar-refractivity contribution in [1.82, 2.24) is 9.88 Å². The van der Waals surface area contributed by atoms with Gasteiger partial charge in [-0.1, -0.05) is 18.2 Å². The van der Waals surface area contributed by atoms with Gasteiger partial charge in [-0.25, -0.2) is 0 Å². The van der Waals surface area contributed by atoms with Crippen molar-refractivity contribution in [3.05, 3.63) is 35.5 Å². The quantitative estimate of drug-likeness (QED) is 0.757. The Labute approximate surface area is 114 Å². The second kappa shape index (κ2) is 4.35. The maximum absolute atomic E-state index is 11.4. The van der Waals surface area contributed by atoms with Crippen LogP contribution in [0.2, 0.25) is 0 Å². The molecule has 1 aromatic heterocycles. The van der Waals surface area contributed by atoms with Crippen LogP contribution in [0.3, 0.4) is 0 Å². The van der Waals surface area contributed by atoms with Crippen LogP contribution in [0.15, 0.2) is 24.3 Å². The fourth-order valence-electron chi connectivity index (χ4n) is 2.96. The highest BCUT2D eigenvalue weighted by atomic mass is 16.4. The summed E-state index contributed by atoms with van der Waals surface area (Å²) in [6.45, 7) is 0. The predicted molar refractivity (Wildman–Crippen MR) is 71.6 cm³/mol. The van der Waals surface area contributed by atoms with Gasteiger partial charge in [-0.2, -0.15) is 0 Å². The second-order valence-corrected chi connectivity index (χ2v) is 4.97. The average Bonchev–Trinajstić information content (AvgIpc) is 2.72. The first kappa shape index (κ1) is 12.7. The van der Waals surface area contributed by atoms with Gasteiger partial charge in [-0.05, 0) is 11.6 Å². The van der Waals surface area contributed by atoms with Gasteiger partial charge in [0, 0.05) is 24.4 Å². The molecule has 0 amide bonds. The summed E-state index contributed by atoms with van der Waals surface area (Å²) in [6.07, 6.45) is 0.288. The largest absolute Gasteiger partial charge is 0.480 e. The van der Waals surface area contributed by atoms with Crippen molar-refractivity contribution in [1.29, 1.82) is 0 Å². The summed E-state index contributed by atoms with van der Waals surface area (Å²) in [7, 11) is 1.81. The molecular weight excluding hydrogens is 260 g/mol. The summed E-state index contributed by atoms with van der Waals surface area (Å²) >= 11 is 0. The third-order valence-corrected chi connectivity index (χ3v) is 3.86. The lowest BCUT2D eigenvalue weighted by Crippen LogP contribution is -2.47. The van der Waals surface area contributed by atoms with Crippen LogP contribution in [0, 0.1) is 0 Å².